The Hall–Kier alpha value is -3.21. The largest absolute Gasteiger partial charge is 0.456 e. The summed E-state index contributed by atoms with van der Waals surface area (Å²) in [4.78, 5) is 23.6. The van der Waals surface area contributed by atoms with Gasteiger partial charge < -0.3 is 9.47 Å². The third-order valence-corrected chi connectivity index (χ3v) is 5.06. The smallest absolute Gasteiger partial charge is 0.338 e. The van der Waals surface area contributed by atoms with Gasteiger partial charge in [-0.3, -0.25) is 0 Å². The van der Waals surface area contributed by atoms with E-state index in [1.165, 1.54) is 13.0 Å². The number of hydrogen-bond acceptors (Lipinski definition) is 4. The first kappa shape index (κ1) is 25.1. The average Bonchev–Trinajstić information content (AvgIpc) is 2.66. The van der Waals surface area contributed by atoms with Crippen molar-refractivity contribution in [1.29, 1.82) is 0 Å². The Balaban J connectivity index is 2.20. The van der Waals surface area contributed by atoms with Gasteiger partial charge in [-0.15, -0.1) is 0 Å². The summed E-state index contributed by atoms with van der Waals surface area (Å²) < 4.78 is 25.3. The van der Waals surface area contributed by atoms with E-state index >= 15 is 0 Å². The van der Waals surface area contributed by atoms with Gasteiger partial charge in [-0.25, -0.2) is 14.0 Å². The van der Waals surface area contributed by atoms with E-state index in [0.29, 0.717) is 23.1 Å². The lowest BCUT2D eigenvalue weighted by molar-refractivity contribution is -0.153. The molecule has 0 fully saturated rings. The lowest BCUT2D eigenvalue weighted by Crippen LogP contribution is -2.36. The lowest BCUT2D eigenvalue weighted by Gasteiger charge is -2.35. The number of carbonyl (C=O) groups excluding carboxylic acids is 2. The number of hydrogen-bond donors (Lipinski definition) is 0. The van der Waals surface area contributed by atoms with Crippen LogP contribution in [0.5, 0.6) is 5.75 Å². The molecule has 0 saturated carbocycles. The molecule has 0 saturated heterocycles. The fourth-order valence-corrected chi connectivity index (χ4v) is 3.63. The van der Waals surface area contributed by atoms with Crippen LogP contribution >= 0.6 is 0 Å². The van der Waals surface area contributed by atoms with Gasteiger partial charge in [0, 0.05) is 22.8 Å². The summed E-state index contributed by atoms with van der Waals surface area (Å²) in [7, 11) is 0. The van der Waals surface area contributed by atoms with Crippen LogP contribution in [0.15, 0.2) is 66.8 Å². The van der Waals surface area contributed by atoms with Gasteiger partial charge in [0.25, 0.3) is 0 Å². The molecule has 0 aliphatic carbocycles. The SMILES string of the molecule is C=C(C)C(=O)Oc1ccc(-c2ccc(C(C)(C)CC(C)(C)OC(=O)C(=C)C)cc2)c(F)c1. The molecular formula is C27H31FO4. The molecule has 0 radical (unpaired) electrons. The Kier molecular flexibility index (Phi) is 7.45. The first-order valence-corrected chi connectivity index (χ1v) is 10.4. The highest BCUT2D eigenvalue weighted by Gasteiger charge is 2.33. The molecule has 0 N–H and O–H groups in total. The third-order valence-electron chi connectivity index (χ3n) is 5.06. The first-order valence-electron chi connectivity index (χ1n) is 10.4. The van der Waals surface area contributed by atoms with E-state index in [9.17, 15) is 14.0 Å². The van der Waals surface area contributed by atoms with Crippen LogP contribution in [-0.4, -0.2) is 17.5 Å². The Morgan fingerprint density at radius 3 is 1.97 bits per heavy atom. The standard InChI is InChI=1S/C27H31FO4/c1-17(2)24(29)31-21-13-14-22(23(28)15-21)19-9-11-20(12-10-19)26(5,6)16-27(7,8)32-25(30)18(3)4/h9-15H,1,3,16H2,2,4-8H3. The second-order valence-electron chi connectivity index (χ2n) is 9.38. The zero-order chi connectivity index (χ0) is 24.3. The van der Waals surface area contributed by atoms with Crippen LogP contribution in [0.4, 0.5) is 4.39 Å². The summed E-state index contributed by atoms with van der Waals surface area (Å²) in [5.41, 5.74) is 1.77. The molecule has 0 aliphatic heterocycles. The third kappa shape index (κ3) is 6.39. The number of ether oxygens (including phenoxy) is 2. The fourth-order valence-electron chi connectivity index (χ4n) is 3.63. The van der Waals surface area contributed by atoms with Crippen LogP contribution in [0.3, 0.4) is 0 Å². The molecule has 0 aliphatic rings. The van der Waals surface area contributed by atoms with Crippen LogP contribution < -0.4 is 4.74 Å². The molecule has 0 unspecified atom stereocenters. The average molecular weight is 439 g/mol. The van der Waals surface area contributed by atoms with Crippen molar-refractivity contribution in [2.24, 2.45) is 0 Å². The molecule has 0 aromatic heterocycles. The highest BCUT2D eigenvalue weighted by molar-refractivity contribution is 5.89. The van der Waals surface area contributed by atoms with Crippen LogP contribution in [-0.2, 0) is 19.7 Å². The molecule has 0 spiro atoms. The minimum absolute atomic E-state index is 0.128. The van der Waals surface area contributed by atoms with Crippen molar-refractivity contribution in [2.45, 2.75) is 59.0 Å². The van der Waals surface area contributed by atoms with E-state index in [0.717, 1.165) is 5.56 Å². The maximum Gasteiger partial charge on any atom is 0.338 e. The molecule has 4 nitrogen and oxygen atoms in total. The number of esters is 2. The normalized spacial score (nSPS) is 11.6. The number of carbonyl (C=O) groups is 2. The van der Waals surface area contributed by atoms with E-state index in [1.807, 2.05) is 38.1 Å². The van der Waals surface area contributed by atoms with Crippen molar-refractivity contribution in [1.82, 2.24) is 0 Å². The van der Waals surface area contributed by atoms with Crippen molar-refractivity contribution in [2.75, 3.05) is 0 Å². The lowest BCUT2D eigenvalue weighted by atomic mass is 9.76. The predicted molar refractivity (Wildman–Crippen MR) is 125 cm³/mol. The monoisotopic (exact) mass is 438 g/mol. The molecule has 2 rings (SSSR count). The number of rotatable bonds is 8. The van der Waals surface area contributed by atoms with Crippen molar-refractivity contribution in [3.8, 4) is 16.9 Å². The first-order chi connectivity index (χ1) is 14.7. The minimum atomic E-state index is -0.679. The maximum absolute atomic E-state index is 14.7. The highest BCUT2D eigenvalue weighted by atomic mass is 19.1. The zero-order valence-corrected chi connectivity index (χ0v) is 19.7. The van der Waals surface area contributed by atoms with E-state index in [-0.39, 0.29) is 16.7 Å². The molecule has 0 heterocycles. The summed E-state index contributed by atoms with van der Waals surface area (Å²) >= 11 is 0. The van der Waals surface area contributed by atoms with Crippen LogP contribution in [0.1, 0.15) is 53.5 Å². The van der Waals surface area contributed by atoms with Gasteiger partial charge in [-0.1, -0.05) is 51.3 Å². The molecule has 2 aromatic carbocycles. The fraction of sp³-hybridized carbons (Fsp3) is 0.333. The Bertz CT molecular complexity index is 1050. The van der Waals surface area contributed by atoms with E-state index in [2.05, 4.69) is 27.0 Å². The predicted octanol–water partition coefficient (Wildman–Crippen LogP) is 6.54. The van der Waals surface area contributed by atoms with Crippen LogP contribution in [0, 0.1) is 5.82 Å². The van der Waals surface area contributed by atoms with Gasteiger partial charge >= 0.3 is 11.9 Å². The molecule has 0 amide bonds. The zero-order valence-electron chi connectivity index (χ0n) is 19.7. The van der Waals surface area contributed by atoms with Gasteiger partial charge in [0.05, 0.1) is 0 Å². The number of halogens is 1. The molecule has 0 atom stereocenters. The molecule has 2 aromatic rings. The van der Waals surface area contributed by atoms with Crippen molar-refractivity contribution < 1.29 is 23.5 Å². The topological polar surface area (TPSA) is 52.6 Å². The summed E-state index contributed by atoms with van der Waals surface area (Å²) in [5, 5.41) is 0. The highest BCUT2D eigenvalue weighted by Crippen LogP contribution is 2.36. The van der Waals surface area contributed by atoms with E-state index in [1.54, 1.807) is 19.1 Å². The molecule has 32 heavy (non-hydrogen) atoms. The van der Waals surface area contributed by atoms with Crippen molar-refractivity contribution in [3.05, 3.63) is 78.1 Å². The summed E-state index contributed by atoms with van der Waals surface area (Å²) in [6.45, 7) is 18.2. The van der Waals surface area contributed by atoms with Gasteiger partial charge in [-0.05, 0) is 62.8 Å². The van der Waals surface area contributed by atoms with Crippen LogP contribution in [0.2, 0.25) is 0 Å². The Morgan fingerprint density at radius 1 is 0.906 bits per heavy atom. The molecule has 0 bridgehead atoms. The van der Waals surface area contributed by atoms with Crippen molar-refractivity contribution >= 4 is 11.9 Å². The number of benzene rings is 2. The second-order valence-corrected chi connectivity index (χ2v) is 9.38. The second kappa shape index (κ2) is 9.51. The molecular weight excluding hydrogens is 407 g/mol. The Labute approximate surface area is 189 Å². The van der Waals surface area contributed by atoms with Crippen molar-refractivity contribution in [3.63, 3.8) is 0 Å². The van der Waals surface area contributed by atoms with E-state index < -0.39 is 23.4 Å². The quantitative estimate of drug-likeness (QED) is 0.267. The van der Waals surface area contributed by atoms with Gasteiger partial charge in [-0.2, -0.15) is 0 Å². The molecule has 5 heteroatoms. The van der Waals surface area contributed by atoms with Gasteiger partial charge in [0.1, 0.15) is 17.2 Å². The van der Waals surface area contributed by atoms with Gasteiger partial charge in [0.2, 0.25) is 0 Å². The minimum Gasteiger partial charge on any atom is -0.456 e. The van der Waals surface area contributed by atoms with Crippen LogP contribution in [0.25, 0.3) is 11.1 Å². The summed E-state index contributed by atoms with van der Waals surface area (Å²) in [6, 6.07) is 11.9. The molecule has 170 valence electrons. The maximum atomic E-state index is 14.7. The Morgan fingerprint density at radius 2 is 1.47 bits per heavy atom. The summed E-state index contributed by atoms with van der Waals surface area (Å²) in [6.07, 6.45) is 0.593. The van der Waals surface area contributed by atoms with Gasteiger partial charge in [0.15, 0.2) is 0 Å². The van der Waals surface area contributed by atoms with E-state index in [4.69, 9.17) is 9.47 Å². The summed E-state index contributed by atoms with van der Waals surface area (Å²) in [5.74, 6) is -1.37.